The van der Waals surface area contributed by atoms with Crippen LogP contribution < -0.4 is 5.46 Å². The molecular formula is C62H40BBrO4. The Labute approximate surface area is 401 Å². The van der Waals surface area contributed by atoms with Gasteiger partial charge in [0, 0.05) is 37.1 Å². The highest BCUT2D eigenvalue weighted by atomic mass is 79.9. The first kappa shape index (κ1) is 40.5. The third-order valence-electron chi connectivity index (χ3n) is 14.4. The van der Waals surface area contributed by atoms with Crippen LogP contribution in [0.2, 0.25) is 0 Å². The van der Waals surface area contributed by atoms with Gasteiger partial charge in [0.25, 0.3) is 0 Å². The molecular weight excluding hydrogens is 899 g/mol. The van der Waals surface area contributed by atoms with Gasteiger partial charge in [-0.3, -0.25) is 0 Å². The average Bonchev–Trinajstić information content (AvgIpc) is 4.14. The van der Waals surface area contributed by atoms with E-state index in [0.717, 1.165) is 76.1 Å². The van der Waals surface area contributed by atoms with E-state index >= 15 is 0 Å². The van der Waals surface area contributed by atoms with Gasteiger partial charge in [0.15, 0.2) is 0 Å². The fourth-order valence-corrected chi connectivity index (χ4v) is 12.4. The minimum atomic E-state index is -1.64. The van der Waals surface area contributed by atoms with Crippen LogP contribution >= 0.6 is 15.9 Å². The monoisotopic (exact) mass is 938 g/mol. The lowest BCUT2D eigenvalue weighted by Gasteiger charge is -2.34. The van der Waals surface area contributed by atoms with Crippen molar-refractivity contribution in [2.75, 3.05) is 0 Å². The second kappa shape index (κ2) is 15.7. The molecule has 0 atom stereocenters. The molecule has 0 saturated heterocycles. The van der Waals surface area contributed by atoms with E-state index < -0.39 is 17.9 Å². The highest BCUT2D eigenvalue weighted by molar-refractivity contribution is 9.10. The second-order valence-corrected chi connectivity index (χ2v) is 18.6. The van der Waals surface area contributed by atoms with Crippen molar-refractivity contribution in [2.45, 2.75) is 10.8 Å². The number of benzene rings is 10. The summed E-state index contributed by atoms with van der Waals surface area (Å²) >= 11 is 3.93. The summed E-state index contributed by atoms with van der Waals surface area (Å²) in [7, 11) is -1.64. The Balaban J connectivity index is 0.000000135. The summed E-state index contributed by atoms with van der Waals surface area (Å²) in [4.78, 5) is 0. The number of fused-ring (bicyclic) bond motifs is 14. The van der Waals surface area contributed by atoms with Gasteiger partial charge < -0.3 is 18.9 Å². The summed E-state index contributed by atoms with van der Waals surface area (Å²) in [6, 6.07) is 80.2. The number of furan rings is 2. The van der Waals surface area contributed by atoms with Crippen LogP contribution in [0, 0.1) is 0 Å². The lowest BCUT2D eigenvalue weighted by Crippen LogP contribution is -2.34. The maximum absolute atomic E-state index is 10.6. The molecule has 2 N–H and O–H groups in total. The highest BCUT2D eigenvalue weighted by Gasteiger charge is 2.49. The number of para-hydroxylation sites is 2. The fraction of sp³-hybridized carbons (Fsp3) is 0.0323. The third kappa shape index (κ3) is 5.63. The molecule has 4 nitrogen and oxygen atoms in total. The molecule has 0 fully saturated rings. The molecule has 12 aromatic rings. The Hall–Kier alpha value is -7.74. The van der Waals surface area contributed by atoms with Crippen molar-refractivity contribution >= 4 is 72.4 Å². The molecule has 0 spiro atoms. The molecule has 322 valence electrons. The van der Waals surface area contributed by atoms with Crippen LogP contribution in [0.25, 0.3) is 66.1 Å². The molecule has 2 heterocycles. The Morgan fingerprint density at radius 3 is 1.16 bits per heavy atom. The van der Waals surface area contributed by atoms with Crippen molar-refractivity contribution < 1.29 is 18.9 Å². The topological polar surface area (TPSA) is 66.7 Å². The standard InChI is InChI=1S/C31H21BO3.C31H19BrO/c33-32(34)26-19-25-28(30-29(26)23-16-8-10-18-27(23)35-30)22-15-7-9-17-24(22)31(25,20-11-3-1-4-12-20)21-13-5-2-6-14-21;32-26-19-25-28(30-29(26)23-16-8-10-18-27(23)33-30)22-15-7-9-17-24(22)31(25,20-11-3-1-4-12-20)21-13-5-2-6-14-21/h1-19,33-34H;1-19H. The van der Waals surface area contributed by atoms with Crippen LogP contribution in [0.3, 0.4) is 0 Å². The normalized spacial score (nSPS) is 13.8. The van der Waals surface area contributed by atoms with Gasteiger partial charge in [-0.2, -0.15) is 0 Å². The zero-order valence-corrected chi connectivity index (χ0v) is 38.2. The molecule has 0 bridgehead atoms. The van der Waals surface area contributed by atoms with Gasteiger partial charge >= 0.3 is 7.12 Å². The van der Waals surface area contributed by atoms with Crippen molar-refractivity contribution in [3.05, 3.63) is 280 Å². The Morgan fingerprint density at radius 2 is 0.721 bits per heavy atom. The maximum Gasteiger partial charge on any atom is 0.489 e. The van der Waals surface area contributed by atoms with Gasteiger partial charge in [0.2, 0.25) is 0 Å². The average molecular weight is 940 g/mol. The lowest BCUT2D eigenvalue weighted by molar-refractivity contribution is 0.426. The third-order valence-corrected chi connectivity index (χ3v) is 15.0. The molecule has 2 aromatic heterocycles. The van der Waals surface area contributed by atoms with E-state index in [4.69, 9.17) is 8.83 Å². The quantitative estimate of drug-likeness (QED) is 0.169. The molecule has 2 aliphatic carbocycles. The predicted molar refractivity (Wildman–Crippen MR) is 280 cm³/mol. The molecule has 0 saturated carbocycles. The molecule has 0 radical (unpaired) electrons. The zero-order chi connectivity index (χ0) is 45.6. The van der Waals surface area contributed by atoms with Crippen LogP contribution in [-0.4, -0.2) is 17.2 Å². The van der Waals surface area contributed by atoms with Gasteiger partial charge in [-0.05, 0) is 79.3 Å². The molecule has 0 amide bonds. The Morgan fingerprint density at radius 1 is 0.368 bits per heavy atom. The van der Waals surface area contributed by atoms with Crippen molar-refractivity contribution in [2.24, 2.45) is 0 Å². The van der Waals surface area contributed by atoms with Gasteiger partial charge in [-0.25, -0.2) is 0 Å². The van der Waals surface area contributed by atoms with E-state index in [-0.39, 0.29) is 0 Å². The molecule has 14 rings (SSSR count). The first-order valence-electron chi connectivity index (χ1n) is 22.9. The van der Waals surface area contributed by atoms with E-state index in [1.54, 1.807) is 0 Å². The SMILES string of the molecule is Brc1cc2c(c3oc4ccccc4c13)-c1ccccc1C2(c1ccccc1)c1ccccc1.OB(O)c1cc2c(c3oc4ccccc4c13)-c1ccccc1C2(c1ccccc1)c1ccccc1. The second-order valence-electron chi connectivity index (χ2n) is 17.7. The summed E-state index contributed by atoms with van der Waals surface area (Å²) in [5.41, 5.74) is 16.6. The summed E-state index contributed by atoms with van der Waals surface area (Å²) in [6.45, 7) is 0. The van der Waals surface area contributed by atoms with Crippen molar-refractivity contribution in [3.63, 3.8) is 0 Å². The molecule has 6 heteroatoms. The molecule has 0 unspecified atom stereocenters. The van der Waals surface area contributed by atoms with Crippen LogP contribution in [-0.2, 0) is 10.8 Å². The zero-order valence-electron chi connectivity index (χ0n) is 36.6. The maximum atomic E-state index is 10.6. The molecule has 0 aliphatic heterocycles. The summed E-state index contributed by atoms with van der Waals surface area (Å²) in [5, 5.41) is 25.0. The smallest absolute Gasteiger partial charge is 0.455 e. The van der Waals surface area contributed by atoms with Crippen LogP contribution in [0.1, 0.15) is 44.5 Å². The van der Waals surface area contributed by atoms with E-state index in [1.165, 1.54) is 33.4 Å². The summed E-state index contributed by atoms with van der Waals surface area (Å²) in [5.74, 6) is 0. The Bertz CT molecular complexity index is 3820. The Kier molecular flexibility index (Phi) is 9.35. The van der Waals surface area contributed by atoms with Crippen molar-refractivity contribution in [3.8, 4) is 22.3 Å². The van der Waals surface area contributed by atoms with Crippen LogP contribution in [0.4, 0.5) is 0 Å². The van der Waals surface area contributed by atoms with E-state index in [2.05, 4.69) is 198 Å². The number of halogens is 1. The number of rotatable bonds is 5. The van der Waals surface area contributed by atoms with Crippen LogP contribution in [0.5, 0.6) is 0 Å². The predicted octanol–water partition coefficient (Wildman–Crippen LogP) is 14.3. The van der Waals surface area contributed by atoms with Crippen molar-refractivity contribution in [1.82, 2.24) is 0 Å². The van der Waals surface area contributed by atoms with E-state index in [1.807, 2.05) is 48.5 Å². The minimum absolute atomic E-state index is 0.426. The minimum Gasteiger partial charge on any atom is -0.455 e. The summed E-state index contributed by atoms with van der Waals surface area (Å²) < 4.78 is 14.1. The summed E-state index contributed by atoms with van der Waals surface area (Å²) in [6.07, 6.45) is 0. The highest BCUT2D eigenvalue weighted by Crippen LogP contribution is 2.60. The lowest BCUT2D eigenvalue weighted by atomic mass is 9.66. The van der Waals surface area contributed by atoms with E-state index in [9.17, 15) is 10.0 Å². The van der Waals surface area contributed by atoms with Gasteiger partial charge in [0.1, 0.15) is 22.3 Å². The first-order valence-corrected chi connectivity index (χ1v) is 23.7. The van der Waals surface area contributed by atoms with Gasteiger partial charge in [-0.1, -0.05) is 228 Å². The molecule has 2 aliphatic rings. The van der Waals surface area contributed by atoms with Gasteiger partial charge in [-0.15, -0.1) is 0 Å². The molecule has 10 aromatic carbocycles. The van der Waals surface area contributed by atoms with E-state index in [0.29, 0.717) is 11.0 Å². The number of hydrogen-bond acceptors (Lipinski definition) is 4. The first-order chi connectivity index (χ1) is 33.5. The molecule has 68 heavy (non-hydrogen) atoms. The van der Waals surface area contributed by atoms with Crippen LogP contribution in [0.15, 0.2) is 244 Å². The number of hydrogen-bond donors (Lipinski definition) is 2. The van der Waals surface area contributed by atoms with Crippen molar-refractivity contribution in [1.29, 1.82) is 0 Å². The fourth-order valence-electron chi connectivity index (χ4n) is 11.8. The van der Waals surface area contributed by atoms with Gasteiger partial charge in [0.05, 0.1) is 10.8 Å². The largest absolute Gasteiger partial charge is 0.489 e.